The summed E-state index contributed by atoms with van der Waals surface area (Å²) in [4.78, 5) is 22.2. The van der Waals surface area contributed by atoms with Gasteiger partial charge in [0.2, 0.25) is 11.1 Å². The third-order valence-corrected chi connectivity index (χ3v) is 4.83. The van der Waals surface area contributed by atoms with Gasteiger partial charge >= 0.3 is 0 Å². The van der Waals surface area contributed by atoms with E-state index in [9.17, 15) is 4.79 Å². The van der Waals surface area contributed by atoms with E-state index in [4.69, 9.17) is 4.42 Å². The summed E-state index contributed by atoms with van der Waals surface area (Å²) in [6, 6.07) is 15.3. The number of aromatic nitrogens is 2. The van der Waals surface area contributed by atoms with Crippen molar-refractivity contribution in [2.24, 2.45) is 0 Å². The normalized spacial score (nSPS) is 12.0. The summed E-state index contributed by atoms with van der Waals surface area (Å²) in [6.07, 6.45) is 0.858. The zero-order valence-corrected chi connectivity index (χ0v) is 16.0. The Kier molecular flexibility index (Phi) is 4.06. The van der Waals surface area contributed by atoms with Gasteiger partial charge in [0, 0.05) is 5.69 Å². The second-order valence-electron chi connectivity index (χ2n) is 7.81. The molecule has 0 fully saturated rings. The highest BCUT2D eigenvalue weighted by atomic mass is 16.3. The van der Waals surface area contributed by atoms with E-state index < -0.39 is 0 Å². The van der Waals surface area contributed by atoms with Crippen LogP contribution in [0.1, 0.15) is 39.0 Å². The van der Waals surface area contributed by atoms with Crippen molar-refractivity contribution in [2.45, 2.75) is 39.5 Å². The van der Waals surface area contributed by atoms with Crippen LogP contribution in [0.15, 0.2) is 57.7 Å². The number of pyridine rings is 2. The van der Waals surface area contributed by atoms with Gasteiger partial charge in [0.1, 0.15) is 5.58 Å². The highest BCUT2D eigenvalue weighted by molar-refractivity contribution is 5.89. The first-order valence-electron chi connectivity index (χ1n) is 9.21. The minimum atomic E-state index is -0.0494. The van der Waals surface area contributed by atoms with Gasteiger partial charge in [-0.05, 0) is 53.8 Å². The van der Waals surface area contributed by atoms with Crippen molar-refractivity contribution in [3.05, 3.63) is 70.0 Å². The Balaban J connectivity index is 1.92. The van der Waals surface area contributed by atoms with Crippen molar-refractivity contribution in [2.75, 3.05) is 0 Å². The molecule has 4 nitrogen and oxygen atoms in total. The number of nitrogens with zero attached hydrogens (tertiary/aromatic N) is 2. The summed E-state index contributed by atoms with van der Waals surface area (Å²) in [6.45, 7) is 8.45. The van der Waals surface area contributed by atoms with Gasteiger partial charge in [-0.1, -0.05) is 39.8 Å². The van der Waals surface area contributed by atoms with E-state index in [0.717, 1.165) is 23.4 Å². The third-order valence-electron chi connectivity index (χ3n) is 4.83. The summed E-state index contributed by atoms with van der Waals surface area (Å²) in [7, 11) is 0. The van der Waals surface area contributed by atoms with Crippen LogP contribution < -0.4 is 5.43 Å². The van der Waals surface area contributed by atoms with E-state index in [1.165, 1.54) is 0 Å². The molecule has 1 aromatic carbocycles. The Morgan fingerprint density at radius 2 is 1.70 bits per heavy atom. The molecule has 0 aliphatic heterocycles. The van der Waals surface area contributed by atoms with Gasteiger partial charge in [-0.25, -0.2) is 4.98 Å². The summed E-state index contributed by atoms with van der Waals surface area (Å²) in [5.74, 6) is 0. The van der Waals surface area contributed by atoms with Gasteiger partial charge in [0.25, 0.3) is 0 Å². The van der Waals surface area contributed by atoms with E-state index >= 15 is 0 Å². The van der Waals surface area contributed by atoms with E-state index in [-0.39, 0.29) is 10.8 Å². The van der Waals surface area contributed by atoms with Crippen LogP contribution in [0.5, 0.6) is 0 Å². The lowest BCUT2D eigenvalue weighted by Gasteiger charge is -2.19. The SMILES string of the molecule is CCc1cccc(-c2ccc3c(=O)c4cc(C(C)(C)C)ccc4oc3n2)n1. The number of aryl methyl sites for hydroxylation is 1. The fourth-order valence-corrected chi connectivity index (χ4v) is 3.17. The monoisotopic (exact) mass is 358 g/mol. The third kappa shape index (κ3) is 3.12. The summed E-state index contributed by atoms with van der Waals surface area (Å²) >= 11 is 0. The molecule has 136 valence electrons. The lowest BCUT2D eigenvalue weighted by Crippen LogP contribution is -2.12. The molecule has 4 rings (SSSR count). The quantitative estimate of drug-likeness (QED) is 0.458. The molecule has 3 heterocycles. The number of hydrogen-bond acceptors (Lipinski definition) is 4. The average molecular weight is 358 g/mol. The van der Waals surface area contributed by atoms with Crippen LogP contribution in [0.4, 0.5) is 0 Å². The van der Waals surface area contributed by atoms with Gasteiger partial charge in [-0.2, -0.15) is 0 Å². The van der Waals surface area contributed by atoms with Gasteiger partial charge in [0.05, 0.1) is 22.2 Å². The van der Waals surface area contributed by atoms with Gasteiger partial charge in [0.15, 0.2) is 0 Å². The van der Waals surface area contributed by atoms with E-state index in [0.29, 0.717) is 27.8 Å². The second-order valence-corrected chi connectivity index (χ2v) is 7.81. The molecule has 0 atom stereocenters. The first-order valence-corrected chi connectivity index (χ1v) is 9.21. The molecule has 4 aromatic rings. The summed E-state index contributed by atoms with van der Waals surface area (Å²) < 4.78 is 5.97. The van der Waals surface area contributed by atoms with Crippen LogP contribution in [0.2, 0.25) is 0 Å². The molecule has 0 N–H and O–H groups in total. The largest absolute Gasteiger partial charge is 0.437 e. The molecule has 0 amide bonds. The first-order chi connectivity index (χ1) is 12.9. The molecule has 0 spiro atoms. The van der Waals surface area contributed by atoms with Crippen molar-refractivity contribution in [1.29, 1.82) is 0 Å². The average Bonchev–Trinajstić information content (AvgIpc) is 2.67. The maximum Gasteiger partial charge on any atom is 0.231 e. The number of hydrogen-bond donors (Lipinski definition) is 0. The zero-order chi connectivity index (χ0) is 19.2. The molecule has 0 bridgehead atoms. The lowest BCUT2D eigenvalue weighted by atomic mass is 9.86. The Labute approximate surface area is 157 Å². The second kappa shape index (κ2) is 6.31. The van der Waals surface area contributed by atoms with Crippen LogP contribution in [0, 0.1) is 0 Å². The smallest absolute Gasteiger partial charge is 0.231 e. The molecule has 0 aliphatic carbocycles. The van der Waals surface area contributed by atoms with Crippen LogP contribution in [-0.4, -0.2) is 9.97 Å². The zero-order valence-electron chi connectivity index (χ0n) is 16.0. The van der Waals surface area contributed by atoms with Crippen LogP contribution in [-0.2, 0) is 11.8 Å². The van der Waals surface area contributed by atoms with Crippen molar-refractivity contribution >= 4 is 22.1 Å². The van der Waals surface area contributed by atoms with Crippen molar-refractivity contribution in [3.63, 3.8) is 0 Å². The van der Waals surface area contributed by atoms with E-state index in [1.54, 1.807) is 6.07 Å². The number of rotatable bonds is 2. The highest BCUT2D eigenvalue weighted by Crippen LogP contribution is 2.27. The standard InChI is InChI=1S/C23H22N2O2/c1-5-15-7-6-8-18(24-15)19-11-10-16-21(26)17-13-14(23(2,3)4)9-12-20(17)27-22(16)25-19/h6-13H,5H2,1-4H3. The van der Waals surface area contributed by atoms with Crippen molar-refractivity contribution in [3.8, 4) is 11.4 Å². The number of fused-ring (bicyclic) bond motifs is 2. The van der Waals surface area contributed by atoms with Crippen molar-refractivity contribution < 1.29 is 4.42 Å². The summed E-state index contributed by atoms with van der Waals surface area (Å²) in [5, 5.41) is 1.08. The van der Waals surface area contributed by atoms with Crippen LogP contribution in [0.3, 0.4) is 0 Å². The van der Waals surface area contributed by atoms with Gasteiger partial charge < -0.3 is 4.42 Å². The molecular weight excluding hydrogens is 336 g/mol. The molecular formula is C23H22N2O2. The van der Waals surface area contributed by atoms with Crippen LogP contribution in [0.25, 0.3) is 33.5 Å². The Morgan fingerprint density at radius 3 is 2.44 bits per heavy atom. The summed E-state index contributed by atoms with van der Waals surface area (Å²) in [5.41, 5.74) is 4.40. The molecule has 0 aliphatic rings. The highest BCUT2D eigenvalue weighted by Gasteiger charge is 2.17. The van der Waals surface area contributed by atoms with E-state index in [1.807, 2.05) is 42.5 Å². The molecule has 27 heavy (non-hydrogen) atoms. The number of benzene rings is 1. The lowest BCUT2D eigenvalue weighted by molar-refractivity contribution is 0.589. The van der Waals surface area contributed by atoms with Gasteiger partial charge in [-0.3, -0.25) is 9.78 Å². The Morgan fingerprint density at radius 1 is 0.926 bits per heavy atom. The maximum atomic E-state index is 13.0. The predicted molar refractivity (Wildman–Crippen MR) is 109 cm³/mol. The molecule has 0 unspecified atom stereocenters. The molecule has 0 saturated heterocycles. The Bertz CT molecular complexity index is 1220. The molecule has 0 radical (unpaired) electrons. The maximum absolute atomic E-state index is 13.0. The van der Waals surface area contributed by atoms with E-state index in [2.05, 4.69) is 37.7 Å². The van der Waals surface area contributed by atoms with Crippen molar-refractivity contribution in [1.82, 2.24) is 9.97 Å². The molecule has 0 saturated carbocycles. The fourth-order valence-electron chi connectivity index (χ4n) is 3.17. The minimum Gasteiger partial charge on any atom is -0.437 e. The fraction of sp³-hybridized carbons (Fsp3) is 0.261. The molecule has 3 aromatic heterocycles. The predicted octanol–water partition coefficient (Wildman–Crippen LogP) is 5.26. The minimum absolute atomic E-state index is 0.0341. The van der Waals surface area contributed by atoms with Gasteiger partial charge in [-0.15, -0.1) is 0 Å². The van der Waals surface area contributed by atoms with Crippen LogP contribution >= 0.6 is 0 Å². The Hall–Kier alpha value is -3.01. The topological polar surface area (TPSA) is 56.0 Å². The molecule has 4 heteroatoms. The first kappa shape index (κ1) is 17.4.